The lowest BCUT2D eigenvalue weighted by Crippen LogP contribution is -2.48. The molecule has 2 aliphatic rings. The molecule has 1 aromatic rings. The lowest BCUT2D eigenvalue weighted by molar-refractivity contribution is -0.173. The van der Waals surface area contributed by atoms with Crippen LogP contribution in [0.4, 0.5) is 0 Å². The van der Waals surface area contributed by atoms with Crippen molar-refractivity contribution in [3.63, 3.8) is 0 Å². The highest BCUT2D eigenvalue weighted by molar-refractivity contribution is 5.72. The van der Waals surface area contributed by atoms with Crippen LogP contribution < -0.4 is 0 Å². The number of aryl methyl sites for hydroxylation is 1. The van der Waals surface area contributed by atoms with E-state index in [4.69, 9.17) is 9.15 Å². The van der Waals surface area contributed by atoms with Crippen LogP contribution in [0.5, 0.6) is 0 Å². The zero-order valence-electron chi connectivity index (χ0n) is 14.4. The van der Waals surface area contributed by atoms with Gasteiger partial charge in [0.25, 0.3) is 0 Å². The SMILES string of the molecule is Cc1coc2c1[C@@H](OC(=O)C(C)C)[C@@]1(C)[C@@H](CCC[C@@H]1C)C2. The normalized spacial score (nSPS) is 34.2. The largest absolute Gasteiger partial charge is 0.469 e. The van der Waals surface area contributed by atoms with Gasteiger partial charge in [-0.05, 0) is 30.7 Å². The van der Waals surface area contributed by atoms with E-state index in [-0.39, 0.29) is 23.4 Å². The number of hydrogen-bond acceptors (Lipinski definition) is 3. The number of esters is 1. The zero-order valence-corrected chi connectivity index (χ0v) is 14.4. The van der Waals surface area contributed by atoms with E-state index in [0.29, 0.717) is 11.8 Å². The molecule has 0 amide bonds. The molecule has 1 saturated carbocycles. The maximum atomic E-state index is 12.3. The molecule has 122 valence electrons. The number of carbonyl (C=O) groups excluding carboxylic acids is 1. The number of carbonyl (C=O) groups is 1. The third kappa shape index (κ3) is 2.21. The van der Waals surface area contributed by atoms with Gasteiger partial charge in [0.1, 0.15) is 11.9 Å². The highest BCUT2D eigenvalue weighted by Crippen LogP contribution is 2.59. The van der Waals surface area contributed by atoms with E-state index in [0.717, 1.165) is 23.3 Å². The Morgan fingerprint density at radius 3 is 2.82 bits per heavy atom. The quantitative estimate of drug-likeness (QED) is 0.735. The molecule has 0 aliphatic heterocycles. The van der Waals surface area contributed by atoms with E-state index >= 15 is 0 Å². The minimum atomic E-state index is -0.162. The van der Waals surface area contributed by atoms with Crippen molar-refractivity contribution in [2.24, 2.45) is 23.2 Å². The molecule has 1 heterocycles. The maximum absolute atomic E-state index is 12.3. The number of ether oxygens (including phenoxy) is 1. The smallest absolute Gasteiger partial charge is 0.309 e. The fourth-order valence-corrected chi connectivity index (χ4v) is 4.48. The minimum Gasteiger partial charge on any atom is -0.469 e. The van der Waals surface area contributed by atoms with E-state index in [2.05, 4.69) is 20.8 Å². The molecule has 0 spiro atoms. The van der Waals surface area contributed by atoms with Crippen molar-refractivity contribution in [2.45, 2.75) is 66.4 Å². The molecule has 0 bridgehead atoms. The molecule has 3 nitrogen and oxygen atoms in total. The average molecular weight is 304 g/mol. The third-order valence-electron chi connectivity index (χ3n) is 6.20. The van der Waals surface area contributed by atoms with Crippen LogP contribution in [0.15, 0.2) is 10.7 Å². The highest BCUT2D eigenvalue weighted by Gasteiger charge is 2.54. The standard InChI is InChI=1S/C19H28O3/c1-11(2)18(20)22-17-16-12(3)10-21-15(16)9-14-8-6-7-13(4)19(14,17)5/h10-11,13-14,17H,6-9H2,1-5H3/t13-,14-,17+,19+/m0/s1. The molecule has 3 rings (SSSR count). The number of hydrogen-bond donors (Lipinski definition) is 0. The first kappa shape index (κ1) is 15.6. The van der Waals surface area contributed by atoms with Gasteiger partial charge in [0.15, 0.2) is 0 Å². The molecule has 0 unspecified atom stereocenters. The summed E-state index contributed by atoms with van der Waals surface area (Å²) in [5.41, 5.74) is 2.28. The molecule has 1 fully saturated rings. The van der Waals surface area contributed by atoms with Crippen LogP contribution in [0, 0.1) is 30.1 Å². The molecule has 4 atom stereocenters. The zero-order chi connectivity index (χ0) is 16.1. The van der Waals surface area contributed by atoms with Crippen molar-refractivity contribution < 1.29 is 13.9 Å². The van der Waals surface area contributed by atoms with Gasteiger partial charge < -0.3 is 9.15 Å². The van der Waals surface area contributed by atoms with E-state index in [1.807, 2.05) is 20.1 Å². The molecule has 22 heavy (non-hydrogen) atoms. The molecular formula is C19H28O3. The van der Waals surface area contributed by atoms with Crippen molar-refractivity contribution in [1.29, 1.82) is 0 Å². The first-order chi connectivity index (χ1) is 10.4. The van der Waals surface area contributed by atoms with Gasteiger partial charge in [-0.3, -0.25) is 4.79 Å². The predicted octanol–water partition coefficient (Wildman–Crippen LogP) is 4.83. The Hall–Kier alpha value is -1.25. The van der Waals surface area contributed by atoms with Crippen molar-refractivity contribution >= 4 is 5.97 Å². The molecule has 0 saturated heterocycles. The van der Waals surface area contributed by atoms with Crippen molar-refractivity contribution in [3.8, 4) is 0 Å². The van der Waals surface area contributed by atoms with Crippen molar-refractivity contribution in [1.82, 2.24) is 0 Å². The summed E-state index contributed by atoms with van der Waals surface area (Å²) in [5, 5.41) is 0. The number of rotatable bonds is 2. The van der Waals surface area contributed by atoms with Crippen LogP contribution >= 0.6 is 0 Å². The lowest BCUT2D eigenvalue weighted by Gasteiger charge is -2.52. The van der Waals surface area contributed by atoms with Crippen LogP contribution in [-0.4, -0.2) is 5.97 Å². The lowest BCUT2D eigenvalue weighted by atomic mass is 9.54. The number of fused-ring (bicyclic) bond motifs is 2. The second kappa shape index (κ2) is 5.43. The first-order valence-electron chi connectivity index (χ1n) is 8.63. The number of furan rings is 1. The predicted molar refractivity (Wildman–Crippen MR) is 85.4 cm³/mol. The summed E-state index contributed by atoms with van der Waals surface area (Å²) in [7, 11) is 0. The van der Waals surface area contributed by atoms with Crippen LogP contribution in [0.25, 0.3) is 0 Å². The van der Waals surface area contributed by atoms with Gasteiger partial charge in [-0.2, -0.15) is 0 Å². The average Bonchev–Trinajstić information content (AvgIpc) is 2.82. The van der Waals surface area contributed by atoms with Gasteiger partial charge in [0.2, 0.25) is 0 Å². The second-order valence-corrected chi connectivity index (χ2v) is 7.83. The Balaban J connectivity index is 2.06. The van der Waals surface area contributed by atoms with E-state index in [9.17, 15) is 4.79 Å². The van der Waals surface area contributed by atoms with Gasteiger partial charge in [0, 0.05) is 17.4 Å². The fourth-order valence-electron chi connectivity index (χ4n) is 4.48. The topological polar surface area (TPSA) is 39.4 Å². The summed E-state index contributed by atoms with van der Waals surface area (Å²) < 4.78 is 11.9. The highest BCUT2D eigenvalue weighted by atomic mass is 16.5. The summed E-state index contributed by atoms with van der Waals surface area (Å²) in [6.07, 6.45) is 6.34. The van der Waals surface area contributed by atoms with Gasteiger partial charge in [-0.1, -0.05) is 40.5 Å². The summed E-state index contributed by atoms with van der Waals surface area (Å²) in [6, 6.07) is 0. The van der Waals surface area contributed by atoms with E-state index in [1.165, 1.54) is 19.3 Å². The Kier molecular flexibility index (Phi) is 3.86. The molecule has 2 aliphatic carbocycles. The summed E-state index contributed by atoms with van der Waals surface area (Å²) in [6.45, 7) is 10.5. The Labute approximate surface area is 133 Å². The van der Waals surface area contributed by atoms with E-state index < -0.39 is 0 Å². The minimum absolute atomic E-state index is 0.0183. The monoisotopic (exact) mass is 304 g/mol. The van der Waals surface area contributed by atoms with Crippen molar-refractivity contribution in [3.05, 3.63) is 23.2 Å². The molecule has 0 aromatic carbocycles. The van der Waals surface area contributed by atoms with Crippen LogP contribution in [0.1, 0.15) is 69.9 Å². The van der Waals surface area contributed by atoms with Crippen LogP contribution in [0.2, 0.25) is 0 Å². The Morgan fingerprint density at radius 1 is 1.41 bits per heavy atom. The summed E-state index contributed by atoms with van der Waals surface area (Å²) in [5.74, 6) is 1.93. The first-order valence-corrected chi connectivity index (χ1v) is 8.63. The van der Waals surface area contributed by atoms with Crippen molar-refractivity contribution in [2.75, 3.05) is 0 Å². The second-order valence-electron chi connectivity index (χ2n) is 7.83. The van der Waals surface area contributed by atoms with Gasteiger partial charge in [-0.25, -0.2) is 0 Å². The third-order valence-corrected chi connectivity index (χ3v) is 6.20. The Morgan fingerprint density at radius 2 is 2.14 bits per heavy atom. The molecule has 1 aromatic heterocycles. The fraction of sp³-hybridized carbons (Fsp3) is 0.737. The summed E-state index contributed by atoms with van der Waals surface area (Å²) >= 11 is 0. The molecule has 0 N–H and O–H groups in total. The van der Waals surface area contributed by atoms with Crippen LogP contribution in [0.3, 0.4) is 0 Å². The molecular weight excluding hydrogens is 276 g/mol. The maximum Gasteiger partial charge on any atom is 0.309 e. The van der Waals surface area contributed by atoms with Gasteiger partial charge >= 0.3 is 5.97 Å². The Bertz CT molecular complexity index is 571. The van der Waals surface area contributed by atoms with Gasteiger partial charge in [0.05, 0.1) is 12.2 Å². The summed E-state index contributed by atoms with van der Waals surface area (Å²) in [4.78, 5) is 12.3. The molecule has 0 radical (unpaired) electrons. The van der Waals surface area contributed by atoms with Crippen LogP contribution in [-0.2, 0) is 16.0 Å². The molecule has 3 heteroatoms. The van der Waals surface area contributed by atoms with E-state index in [1.54, 1.807) is 0 Å². The van der Waals surface area contributed by atoms with Gasteiger partial charge in [-0.15, -0.1) is 0 Å².